The fourth-order valence-corrected chi connectivity index (χ4v) is 1.66. The molecule has 0 radical (unpaired) electrons. The normalized spacial score (nSPS) is 25.8. The first kappa shape index (κ1) is 8.09. The van der Waals surface area contributed by atoms with Gasteiger partial charge in [0, 0.05) is 12.7 Å². The van der Waals surface area contributed by atoms with Crippen molar-refractivity contribution in [2.24, 2.45) is 5.73 Å². The molecule has 0 aromatic carbocycles. The van der Waals surface area contributed by atoms with Crippen molar-refractivity contribution >= 4 is 0 Å². The minimum Gasteiger partial charge on any atom is -0.345 e. The zero-order valence-electron chi connectivity index (χ0n) is 7.49. The van der Waals surface area contributed by atoms with Gasteiger partial charge in [0.15, 0.2) is 0 Å². The van der Waals surface area contributed by atoms with Crippen LogP contribution in [0.15, 0.2) is 35.2 Å². The lowest BCUT2D eigenvalue weighted by Crippen LogP contribution is -2.27. The van der Waals surface area contributed by atoms with Crippen LogP contribution >= 0.6 is 0 Å². The van der Waals surface area contributed by atoms with E-state index >= 15 is 0 Å². The zero-order valence-corrected chi connectivity index (χ0v) is 7.49. The standard InChI is InChI=1S/C10H11N3/c1-7-2-3-13-6-9(12)8(5-11)10(13)4-7/h2-4,9H,6,12H2,1H3. The smallest absolute Gasteiger partial charge is 0.0986 e. The van der Waals surface area contributed by atoms with Crippen molar-refractivity contribution in [3.8, 4) is 6.07 Å². The fourth-order valence-electron chi connectivity index (χ4n) is 1.66. The summed E-state index contributed by atoms with van der Waals surface area (Å²) in [6, 6.07) is 2.04. The maximum Gasteiger partial charge on any atom is 0.0986 e. The van der Waals surface area contributed by atoms with E-state index in [1.165, 1.54) is 0 Å². The molecule has 13 heavy (non-hydrogen) atoms. The van der Waals surface area contributed by atoms with Crippen LogP contribution in [0.5, 0.6) is 0 Å². The second kappa shape index (κ2) is 2.75. The second-order valence-corrected chi connectivity index (χ2v) is 3.37. The van der Waals surface area contributed by atoms with E-state index in [2.05, 4.69) is 6.07 Å². The van der Waals surface area contributed by atoms with Gasteiger partial charge in [0.05, 0.1) is 23.4 Å². The number of hydrogen-bond donors (Lipinski definition) is 1. The Kier molecular flexibility index (Phi) is 1.71. The predicted octanol–water partition coefficient (Wildman–Crippen LogP) is 0.881. The van der Waals surface area contributed by atoms with Crippen LogP contribution in [0.1, 0.15) is 6.92 Å². The Labute approximate surface area is 77.4 Å². The summed E-state index contributed by atoms with van der Waals surface area (Å²) in [4.78, 5) is 2.02. The summed E-state index contributed by atoms with van der Waals surface area (Å²) in [6.45, 7) is 2.73. The number of allylic oxidation sites excluding steroid dienone is 3. The number of nitrogens with two attached hydrogens (primary N) is 1. The topological polar surface area (TPSA) is 53.1 Å². The van der Waals surface area contributed by atoms with E-state index < -0.39 is 0 Å². The van der Waals surface area contributed by atoms with Gasteiger partial charge in [-0.05, 0) is 24.6 Å². The van der Waals surface area contributed by atoms with Gasteiger partial charge in [0.25, 0.3) is 0 Å². The van der Waals surface area contributed by atoms with Gasteiger partial charge in [-0.25, -0.2) is 0 Å². The molecule has 0 saturated heterocycles. The molecule has 3 nitrogen and oxygen atoms in total. The molecule has 0 bridgehead atoms. The lowest BCUT2D eigenvalue weighted by molar-refractivity contribution is 0.495. The van der Waals surface area contributed by atoms with Crippen LogP contribution < -0.4 is 5.73 Å². The summed E-state index contributed by atoms with van der Waals surface area (Å²) in [7, 11) is 0. The molecule has 2 rings (SSSR count). The first-order chi connectivity index (χ1) is 6.22. The average Bonchev–Trinajstić information content (AvgIpc) is 2.40. The van der Waals surface area contributed by atoms with Crippen molar-refractivity contribution in [1.29, 1.82) is 5.26 Å². The summed E-state index contributed by atoms with van der Waals surface area (Å²) in [5.41, 5.74) is 8.64. The van der Waals surface area contributed by atoms with Crippen LogP contribution in [0.25, 0.3) is 0 Å². The van der Waals surface area contributed by atoms with E-state index in [0.717, 1.165) is 17.8 Å². The lowest BCUT2D eigenvalue weighted by atomic mass is 10.1. The fraction of sp³-hybridized carbons (Fsp3) is 0.300. The Morgan fingerprint density at radius 2 is 2.46 bits per heavy atom. The molecule has 2 N–H and O–H groups in total. The highest BCUT2D eigenvalue weighted by molar-refractivity contribution is 5.47. The average molecular weight is 173 g/mol. The Morgan fingerprint density at radius 1 is 1.69 bits per heavy atom. The molecule has 2 aliphatic heterocycles. The predicted molar refractivity (Wildman–Crippen MR) is 50.2 cm³/mol. The van der Waals surface area contributed by atoms with Crippen LogP contribution in [0.2, 0.25) is 0 Å². The summed E-state index contributed by atoms with van der Waals surface area (Å²) in [5.74, 6) is 0. The van der Waals surface area contributed by atoms with Crippen LogP contribution in [-0.2, 0) is 0 Å². The van der Waals surface area contributed by atoms with Crippen LogP contribution in [0, 0.1) is 11.3 Å². The number of fused-ring (bicyclic) bond motifs is 1. The van der Waals surface area contributed by atoms with E-state index in [4.69, 9.17) is 11.0 Å². The van der Waals surface area contributed by atoms with E-state index in [1.54, 1.807) is 0 Å². The highest BCUT2D eigenvalue weighted by atomic mass is 15.2. The summed E-state index contributed by atoms with van der Waals surface area (Å²) in [5, 5.41) is 8.89. The maximum atomic E-state index is 8.89. The molecule has 0 spiro atoms. The SMILES string of the molecule is CC1=CC2=C(C#N)C(N)CN2C=C1. The van der Waals surface area contributed by atoms with Crippen molar-refractivity contribution in [1.82, 2.24) is 4.90 Å². The van der Waals surface area contributed by atoms with Crippen molar-refractivity contribution < 1.29 is 0 Å². The summed E-state index contributed by atoms with van der Waals surface area (Å²) >= 11 is 0. The third-order valence-corrected chi connectivity index (χ3v) is 2.35. The molecule has 0 aromatic heterocycles. The number of rotatable bonds is 0. The molecular weight excluding hydrogens is 162 g/mol. The highest BCUT2D eigenvalue weighted by Crippen LogP contribution is 2.27. The van der Waals surface area contributed by atoms with Gasteiger partial charge in [0.1, 0.15) is 0 Å². The van der Waals surface area contributed by atoms with E-state index in [-0.39, 0.29) is 6.04 Å². The minimum absolute atomic E-state index is 0.133. The first-order valence-electron chi connectivity index (χ1n) is 4.25. The van der Waals surface area contributed by atoms with Crippen LogP contribution in [0.4, 0.5) is 0 Å². The maximum absolute atomic E-state index is 8.89. The van der Waals surface area contributed by atoms with Gasteiger partial charge in [-0.1, -0.05) is 0 Å². The number of nitrogens with zero attached hydrogens (tertiary/aromatic N) is 2. The molecule has 0 amide bonds. The third-order valence-electron chi connectivity index (χ3n) is 2.35. The van der Waals surface area contributed by atoms with E-state index in [9.17, 15) is 0 Å². The van der Waals surface area contributed by atoms with Gasteiger partial charge < -0.3 is 10.6 Å². The van der Waals surface area contributed by atoms with E-state index in [1.807, 2.05) is 30.2 Å². The Hall–Kier alpha value is -1.53. The van der Waals surface area contributed by atoms with Gasteiger partial charge in [-0.2, -0.15) is 5.26 Å². The lowest BCUT2D eigenvalue weighted by Gasteiger charge is -2.18. The summed E-state index contributed by atoms with van der Waals surface area (Å²) < 4.78 is 0. The van der Waals surface area contributed by atoms with Crippen molar-refractivity contribution in [2.45, 2.75) is 13.0 Å². The van der Waals surface area contributed by atoms with Gasteiger partial charge in [0.2, 0.25) is 0 Å². The van der Waals surface area contributed by atoms with Crippen molar-refractivity contribution in [2.75, 3.05) is 6.54 Å². The molecule has 0 saturated carbocycles. The molecule has 0 aliphatic carbocycles. The molecule has 2 aliphatic rings. The van der Waals surface area contributed by atoms with Crippen LogP contribution in [0.3, 0.4) is 0 Å². The molecule has 1 atom stereocenters. The first-order valence-corrected chi connectivity index (χ1v) is 4.25. The summed E-state index contributed by atoms with van der Waals surface area (Å²) in [6.07, 6.45) is 6.01. The molecule has 0 fully saturated rings. The molecule has 66 valence electrons. The third kappa shape index (κ3) is 1.16. The van der Waals surface area contributed by atoms with Gasteiger partial charge >= 0.3 is 0 Å². The van der Waals surface area contributed by atoms with Crippen molar-refractivity contribution in [3.63, 3.8) is 0 Å². The van der Waals surface area contributed by atoms with Crippen LogP contribution in [-0.4, -0.2) is 17.5 Å². The molecule has 1 unspecified atom stereocenters. The molecule has 3 heteroatoms. The number of hydrogen-bond acceptors (Lipinski definition) is 3. The molecular formula is C10H11N3. The second-order valence-electron chi connectivity index (χ2n) is 3.37. The Morgan fingerprint density at radius 3 is 3.15 bits per heavy atom. The van der Waals surface area contributed by atoms with Gasteiger partial charge in [-0.15, -0.1) is 0 Å². The number of nitriles is 1. The molecule has 0 aromatic rings. The van der Waals surface area contributed by atoms with E-state index in [0.29, 0.717) is 5.57 Å². The minimum atomic E-state index is -0.133. The Balaban J connectivity index is 2.48. The quantitative estimate of drug-likeness (QED) is 0.591. The monoisotopic (exact) mass is 173 g/mol. The highest BCUT2D eigenvalue weighted by Gasteiger charge is 2.27. The zero-order chi connectivity index (χ0) is 9.42. The van der Waals surface area contributed by atoms with Crippen molar-refractivity contribution in [3.05, 3.63) is 35.2 Å². The van der Waals surface area contributed by atoms with Gasteiger partial charge in [-0.3, -0.25) is 0 Å². The molecule has 2 heterocycles. The Bertz CT molecular complexity index is 368. The largest absolute Gasteiger partial charge is 0.345 e.